The number of amides is 1. The van der Waals surface area contributed by atoms with Gasteiger partial charge in [-0.1, -0.05) is 23.7 Å². The predicted molar refractivity (Wildman–Crippen MR) is 102 cm³/mol. The highest BCUT2D eigenvalue weighted by atomic mass is 35.5. The summed E-state index contributed by atoms with van der Waals surface area (Å²) in [6, 6.07) is 11.1. The van der Waals surface area contributed by atoms with Gasteiger partial charge in [-0.3, -0.25) is 4.79 Å². The van der Waals surface area contributed by atoms with Gasteiger partial charge in [0.25, 0.3) is 0 Å². The van der Waals surface area contributed by atoms with Gasteiger partial charge in [0.1, 0.15) is 0 Å². The van der Waals surface area contributed by atoms with E-state index in [4.69, 9.17) is 16.7 Å². The Balaban J connectivity index is 1.96. The second-order valence-electron chi connectivity index (χ2n) is 5.93. The van der Waals surface area contributed by atoms with Crippen molar-refractivity contribution >= 4 is 37.4 Å². The lowest BCUT2D eigenvalue weighted by Gasteiger charge is -2.15. The van der Waals surface area contributed by atoms with Gasteiger partial charge in [-0.15, -0.1) is 0 Å². The number of hydrogen-bond acceptors (Lipinski definition) is 5. The molecular formula is C17H19ClN2O5S2. The van der Waals surface area contributed by atoms with Gasteiger partial charge in [0.2, 0.25) is 15.9 Å². The third kappa shape index (κ3) is 6.03. The molecule has 1 unspecified atom stereocenters. The fourth-order valence-corrected chi connectivity index (χ4v) is 4.21. The van der Waals surface area contributed by atoms with Gasteiger partial charge < -0.3 is 5.32 Å². The minimum atomic E-state index is -3.78. The number of nitrogens with two attached hydrogens (primary N) is 1. The molecule has 0 aliphatic carbocycles. The summed E-state index contributed by atoms with van der Waals surface area (Å²) < 4.78 is 47.0. The summed E-state index contributed by atoms with van der Waals surface area (Å²) in [4.78, 5) is 12.1. The number of carbonyl (C=O) groups excluding carboxylic acids is 1. The lowest BCUT2D eigenvalue weighted by atomic mass is 10.1. The molecule has 0 radical (unpaired) electrons. The minimum Gasteiger partial charge on any atom is -0.350 e. The minimum absolute atomic E-state index is 0.0289. The summed E-state index contributed by atoms with van der Waals surface area (Å²) in [7, 11) is -7.38. The van der Waals surface area contributed by atoms with Crippen LogP contribution in [0.15, 0.2) is 58.3 Å². The molecule has 2 aromatic carbocycles. The highest BCUT2D eigenvalue weighted by molar-refractivity contribution is 7.91. The molecule has 0 spiro atoms. The lowest BCUT2D eigenvalue weighted by Crippen LogP contribution is -2.28. The van der Waals surface area contributed by atoms with Gasteiger partial charge in [0.05, 0.1) is 21.6 Å². The first-order valence-corrected chi connectivity index (χ1v) is 11.5. The monoisotopic (exact) mass is 430 g/mol. The summed E-state index contributed by atoms with van der Waals surface area (Å²) >= 11 is 5.74. The third-order valence-electron chi connectivity index (χ3n) is 3.86. The number of hydrogen-bond donors (Lipinski definition) is 2. The van der Waals surface area contributed by atoms with Crippen molar-refractivity contribution in [3.8, 4) is 0 Å². The van der Waals surface area contributed by atoms with Crippen molar-refractivity contribution in [2.45, 2.75) is 29.2 Å². The van der Waals surface area contributed by atoms with E-state index in [1.54, 1.807) is 6.92 Å². The van der Waals surface area contributed by atoms with Gasteiger partial charge in [-0.2, -0.15) is 0 Å². The molecule has 1 amide bonds. The van der Waals surface area contributed by atoms with Crippen LogP contribution in [0.4, 0.5) is 0 Å². The van der Waals surface area contributed by atoms with E-state index in [0.29, 0.717) is 10.6 Å². The Labute approximate surface area is 163 Å². The van der Waals surface area contributed by atoms with Crippen LogP contribution in [0.5, 0.6) is 0 Å². The fourth-order valence-electron chi connectivity index (χ4n) is 2.33. The molecule has 0 aromatic heterocycles. The van der Waals surface area contributed by atoms with Crippen molar-refractivity contribution < 1.29 is 21.6 Å². The normalized spacial score (nSPS) is 13.1. The SMILES string of the molecule is CC(NC(=O)CCS(=O)(=O)c1ccc(Cl)cc1)c1ccc(S(N)(=O)=O)cc1. The lowest BCUT2D eigenvalue weighted by molar-refractivity contribution is -0.121. The van der Waals surface area contributed by atoms with E-state index in [2.05, 4.69) is 5.32 Å². The average Bonchev–Trinajstić information content (AvgIpc) is 2.60. The van der Waals surface area contributed by atoms with Gasteiger partial charge in [-0.05, 0) is 48.9 Å². The molecule has 7 nitrogen and oxygen atoms in total. The van der Waals surface area contributed by atoms with Gasteiger partial charge >= 0.3 is 0 Å². The molecule has 3 N–H and O–H groups in total. The predicted octanol–water partition coefficient (Wildman–Crippen LogP) is 2.03. The molecule has 0 aliphatic heterocycles. The van der Waals surface area contributed by atoms with Crippen molar-refractivity contribution in [2.24, 2.45) is 5.14 Å². The Morgan fingerprint density at radius 1 is 1.00 bits per heavy atom. The molecule has 27 heavy (non-hydrogen) atoms. The maximum absolute atomic E-state index is 12.2. The Bertz CT molecular complexity index is 1020. The number of sulfonamides is 1. The van der Waals surface area contributed by atoms with Crippen LogP contribution in [-0.4, -0.2) is 28.5 Å². The first kappa shape index (κ1) is 21.4. The summed E-state index contributed by atoms with van der Waals surface area (Å²) in [6.45, 7) is 1.71. The first-order chi connectivity index (χ1) is 12.5. The quantitative estimate of drug-likeness (QED) is 0.695. The second kappa shape index (κ2) is 8.39. The Kier molecular flexibility index (Phi) is 6.63. The summed E-state index contributed by atoms with van der Waals surface area (Å²) in [5, 5.41) is 8.15. The summed E-state index contributed by atoms with van der Waals surface area (Å²) in [5.41, 5.74) is 0.663. The van der Waals surface area contributed by atoms with E-state index in [1.165, 1.54) is 48.5 Å². The highest BCUT2D eigenvalue weighted by Gasteiger charge is 2.18. The van der Waals surface area contributed by atoms with E-state index < -0.39 is 31.8 Å². The van der Waals surface area contributed by atoms with Crippen molar-refractivity contribution in [3.63, 3.8) is 0 Å². The van der Waals surface area contributed by atoms with Crippen LogP contribution in [0, 0.1) is 0 Å². The Morgan fingerprint density at radius 2 is 1.52 bits per heavy atom. The van der Waals surface area contributed by atoms with Crippen LogP contribution in [0.3, 0.4) is 0 Å². The third-order valence-corrected chi connectivity index (χ3v) is 6.77. The molecule has 0 aliphatic rings. The van der Waals surface area contributed by atoms with Gasteiger partial charge in [0, 0.05) is 11.4 Å². The standard InChI is InChI=1S/C17H19ClN2O5S2/c1-12(13-2-6-16(7-3-13)27(19,24)25)20-17(21)10-11-26(22,23)15-8-4-14(18)5-9-15/h2-9,12H,10-11H2,1H3,(H,20,21)(H2,19,24,25). The van der Waals surface area contributed by atoms with Crippen LogP contribution >= 0.6 is 11.6 Å². The van der Waals surface area contributed by atoms with Gasteiger partial charge in [-0.25, -0.2) is 22.0 Å². The molecule has 146 valence electrons. The zero-order valence-corrected chi connectivity index (χ0v) is 16.8. The number of benzene rings is 2. The number of rotatable bonds is 7. The first-order valence-electron chi connectivity index (χ1n) is 7.89. The van der Waals surface area contributed by atoms with E-state index in [9.17, 15) is 21.6 Å². The van der Waals surface area contributed by atoms with Crippen LogP contribution in [0.25, 0.3) is 0 Å². The number of nitrogens with one attached hydrogen (secondary N) is 1. The molecule has 0 heterocycles. The molecule has 2 aromatic rings. The summed E-state index contributed by atoms with van der Waals surface area (Å²) in [5.74, 6) is -0.770. The topological polar surface area (TPSA) is 123 Å². The van der Waals surface area contributed by atoms with Crippen LogP contribution in [-0.2, 0) is 24.7 Å². The number of halogens is 1. The van der Waals surface area contributed by atoms with Crippen LogP contribution < -0.4 is 10.5 Å². The highest BCUT2D eigenvalue weighted by Crippen LogP contribution is 2.17. The molecule has 10 heteroatoms. The van der Waals surface area contributed by atoms with Crippen molar-refractivity contribution in [3.05, 3.63) is 59.1 Å². The fraction of sp³-hybridized carbons (Fsp3) is 0.235. The maximum atomic E-state index is 12.2. The largest absolute Gasteiger partial charge is 0.350 e. The van der Waals surface area contributed by atoms with Crippen molar-refractivity contribution in [2.75, 3.05) is 5.75 Å². The maximum Gasteiger partial charge on any atom is 0.238 e. The van der Waals surface area contributed by atoms with E-state index in [0.717, 1.165) is 0 Å². The zero-order valence-electron chi connectivity index (χ0n) is 14.4. The number of sulfone groups is 1. The average molecular weight is 431 g/mol. The van der Waals surface area contributed by atoms with E-state index in [1.807, 2.05) is 0 Å². The molecule has 1 atom stereocenters. The Hall–Kier alpha value is -1.94. The van der Waals surface area contributed by atoms with Crippen LogP contribution in [0.1, 0.15) is 24.9 Å². The van der Waals surface area contributed by atoms with E-state index in [-0.39, 0.29) is 22.0 Å². The molecule has 0 saturated heterocycles. The molecule has 0 saturated carbocycles. The second-order valence-corrected chi connectivity index (χ2v) is 10.0. The smallest absolute Gasteiger partial charge is 0.238 e. The number of carbonyl (C=O) groups is 1. The molecular weight excluding hydrogens is 412 g/mol. The number of primary sulfonamides is 1. The molecule has 0 fully saturated rings. The molecule has 2 rings (SSSR count). The van der Waals surface area contributed by atoms with Gasteiger partial charge in [0.15, 0.2) is 9.84 Å². The van der Waals surface area contributed by atoms with Crippen molar-refractivity contribution in [1.29, 1.82) is 0 Å². The zero-order chi connectivity index (χ0) is 20.2. The van der Waals surface area contributed by atoms with E-state index >= 15 is 0 Å². The van der Waals surface area contributed by atoms with Crippen molar-refractivity contribution in [1.82, 2.24) is 5.32 Å². The Morgan fingerprint density at radius 3 is 2.04 bits per heavy atom. The van der Waals surface area contributed by atoms with Crippen LogP contribution in [0.2, 0.25) is 5.02 Å². The summed E-state index contributed by atoms with van der Waals surface area (Å²) in [6.07, 6.45) is -0.204. The molecule has 0 bridgehead atoms.